The summed E-state index contributed by atoms with van der Waals surface area (Å²) in [5.74, 6) is 0.0803. The molecular weight excluding hydrogens is 284 g/mol. The van der Waals surface area contributed by atoms with Crippen LogP contribution in [0.4, 0.5) is 5.82 Å². The maximum atomic E-state index is 12.7. The molecule has 3 rings (SSSR count). The fourth-order valence-corrected chi connectivity index (χ4v) is 5.00. The van der Waals surface area contributed by atoms with Crippen LogP contribution in [0, 0.1) is 0 Å². The van der Waals surface area contributed by atoms with Crippen LogP contribution in [-0.2, 0) is 10.0 Å². The Labute approximate surface area is 115 Å². The van der Waals surface area contributed by atoms with Crippen molar-refractivity contribution in [2.75, 3.05) is 12.8 Å². The van der Waals surface area contributed by atoms with Gasteiger partial charge in [-0.3, -0.25) is 4.40 Å². The molecule has 0 unspecified atom stereocenters. The van der Waals surface area contributed by atoms with E-state index in [1.54, 1.807) is 23.0 Å². The third-order valence-electron chi connectivity index (χ3n) is 3.71. The molecule has 1 aliphatic carbocycles. The molecule has 0 amide bonds. The number of nitrogens with two attached hydrogens (primary N) is 1. The third-order valence-corrected chi connectivity index (χ3v) is 6.41. The molecule has 2 heterocycles. The van der Waals surface area contributed by atoms with E-state index < -0.39 is 10.0 Å². The normalized spacial score (nSPS) is 17.8. The molecule has 0 saturated heterocycles. The number of fused-ring (bicyclic) bond motifs is 1. The van der Waals surface area contributed by atoms with Gasteiger partial charge >= 0.3 is 0 Å². The summed E-state index contributed by atoms with van der Waals surface area (Å²) in [4.78, 5) is 4.71. The minimum Gasteiger partial charge on any atom is -0.381 e. The van der Waals surface area contributed by atoms with Gasteiger partial charge in [0.25, 0.3) is 10.0 Å². The lowest BCUT2D eigenvalue weighted by Crippen LogP contribution is -2.36. The van der Waals surface area contributed by atoms with E-state index in [-0.39, 0.29) is 16.9 Å². The van der Waals surface area contributed by atoms with Crippen LogP contribution in [0.25, 0.3) is 4.96 Å². The van der Waals surface area contributed by atoms with Crippen molar-refractivity contribution in [3.63, 3.8) is 0 Å². The first kappa shape index (κ1) is 12.9. The Hall–Kier alpha value is -1.12. The number of sulfonamides is 1. The predicted molar refractivity (Wildman–Crippen MR) is 74.7 cm³/mol. The number of imidazole rings is 1. The fourth-order valence-electron chi connectivity index (χ4n) is 2.64. The Balaban J connectivity index is 2.08. The van der Waals surface area contributed by atoms with Gasteiger partial charge in [0.1, 0.15) is 0 Å². The standard InChI is InChI=1S/C11H16N4O2S2/c1-14(8-4-2-3-5-8)19(16,17)10-9(12)13-11-15(10)6-7-18-11/h6-8H,2-5,12H2,1H3. The summed E-state index contributed by atoms with van der Waals surface area (Å²) in [6, 6.07) is 0.0774. The second kappa shape index (κ2) is 4.46. The molecule has 1 saturated carbocycles. The number of anilines is 1. The number of nitrogen functional groups attached to an aromatic ring is 1. The molecule has 2 aromatic heterocycles. The van der Waals surface area contributed by atoms with Gasteiger partial charge in [-0.05, 0) is 12.8 Å². The summed E-state index contributed by atoms with van der Waals surface area (Å²) in [5, 5.41) is 1.90. The molecule has 6 nitrogen and oxygen atoms in total. The van der Waals surface area contributed by atoms with Gasteiger partial charge in [-0.2, -0.15) is 4.31 Å². The predicted octanol–water partition coefficient (Wildman–Crippen LogP) is 1.54. The molecule has 8 heteroatoms. The van der Waals surface area contributed by atoms with Crippen LogP contribution < -0.4 is 5.73 Å². The quantitative estimate of drug-likeness (QED) is 0.932. The van der Waals surface area contributed by atoms with Crippen LogP contribution in [0.5, 0.6) is 0 Å². The third kappa shape index (κ3) is 1.94. The lowest BCUT2D eigenvalue weighted by molar-refractivity contribution is 0.371. The summed E-state index contributed by atoms with van der Waals surface area (Å²) >= 11 is 1.37. The number of aromatic nitrogens is 2. The molecule has 0 aromatic carbocycles. The molecule has 104 valence electrons. The van der Waals surface area contributed by atoms with E-state index in [0.29, 0.717) is 4.96 Å². The van der Waals surface area contributed by atoms with Crippen molar-refractivity contribution in [2.24, 2.45) is 0 Å². The molecule has 0 bridgehead atoms. The molecule has 1 fully saturated rings. The first-order chi connectivity index (χ1) is 9.01. The smallest absolute Gasteiger partial charge is 0.262 e. The lowest BCUT2D eigenvalue weighted by Gasteiger charge is -2.23. The van der Waals surface area contributed by atoms with Crippen LogP contribution >= 0.6 is 11.3 Å². The summed E-state index contributed by atoms with van der Waals surface area (Å²) in [7, 11) is -1.96. The van der Waals surface area contributed by atoms with Crippen molar-refractivity contribution in [2.45, 2.75) is 36.8 Å². The highest BCUT2D eigenvalue weighted by Crippen LogP contribution is 2.30. The Morgan fingerprint density at radius 3 is 2.84 bits per heavy atom. The Morgan fingerprint density at radius 2 is 2.16 bits per heavy atom. The summed E-state index contributed by atoms with van der Waals surface area (Å²) in [5.41, 5.74) is 5.79. The van der Waals surface area contributed by atoms with Crippen LogP contribution in [0.15, 0.2) is 16.6 Å². The van der Waals surface area contributed by atoms with E-state index in [1.807, 2.05) is 0 Å². The number of hydrogen-bond acceptors (Lipinski definition) is 5. The molecule has 1 aliphatic rings. The fraction of sp³-hybridized carbons (Fsp3) is 0.545. The van der Waals surface area contributed by atoms with E-state index >= 15 is 0 Å². The van der Waals surface area contributed by atoms with Crippen molar-refractivity contribution in [1.29, 1.82) is 0 Å². The highest BCUT2D eigenvalue weighted by atomic mass is 32.2. The minimum absolute atomic E-state index is 0.0774. The highest BCUT2D eigenvalue weighted by molar-refractivity contribution is 7.89. The van der Waals surface area contributed by atoms with E-state index in [0.717, 1.165) is 25.7 Å². The second-order valence-corrected chi connectivity index (χ2v) is 7.60. The zero-order chi connectivity index (χ0) is 13.6. The zero-order valence-corrected chi connectivity index (χ0v) is 12.2. The van der Waals surface area contributed by atoms with Crippen molar-refractivity contribution in [1.82, 2.24) is 13.7 Å². The molecule has 2 N–H and O–H groups in total. The first-order valence-electron chi connectivity index (χ1n) is 6.21. The van der Waals surface area contributed by atoms with Crippen LogP contribution in [-0.4, -0.2) is 35.2 Å². The average Bonchev–Trinajstić information content (AvgIpc) is 3.01. The van der Waals surface area contributed by atoms with Crippen molar-refractivity contribution in [3.05, 3.63) is 11.6 Å². The van der Waals surface area contributed by atoms with Gasteiger partial charge in [0.05, 0.1) is 0 Å². The number of nitrogens with zero attached hydrogens (tertiary/aromatic N) is 3. The molecule has 0 aliphatic heterocycles. The molecule has 2 aromatic rings. The van der Waals surface area contributed by atoms with Gasteiger partial charge in [-0.1, -0.05) is 12.8 Å². The second-order valence-electron chi connectivity index (χ2n) is 4.82. The Morgan fingerprint density at radius 1 is 1.47 bits per heavy atom. The summed E-state index contributed by atoms with van der Waals surface area (Å²) in [6.45, 7) is 0. The monoisotopic (exact) mass is 300 g/mol. The van der Waals surface area contributed by atoms with Crippen molar-refractivity contribution in [3.8, 4) is 0 Å². The van der Waals surface area contributed by atoms with E-state index in [1.165, 1.54) is 15.6 Å². The largest absolute Gasteiger partial charge is 0.381 e. The molecule has 19 heavy (non-hydrogen) atoms. The van der Waals surface area contributed by atoms with Gasteiger partial charge in [0.15, 0.2) is 15.8 Å². The maximum Gasteiger partial charge on any atom is 0.262 e. The van der Waals surface area contributed by atoms with Gasteiger partial charge in [0.2, 0.25) is 0 Å². The summed E-state index contributed by atoms with van der Waals surface area (Å²) in [6.07, 6.45) is 5.70. The zero-order valence-electron chi connectivity index (χ0n) is 10.6. The van der Waals surface area contributed by atoms with Gasteiger partial charge in [-0.15, -0.1) is 11.3 Å². The minimum atomic E-state index is -3.59. The molecule has 0 radical (unpaired) electrons. The Kier molecular flexibility index (Phi) is 3.03. The van der Waals surface area contributed by atoms with Crippen LogP contribution in [0.1, 0.15) is 25.7 Å². The maximum absolute atomic E-state index is 12.7. The lowest BCUT2D eigenvalue weighted by atomic mass is 10.3. The first-order valence-corrected chi connectivity index (χ1v) is 8.53. The van der Waals surface area contributed by atoms with E-state index in [2.05, 4.69) is 4.98 Å². The van der Waals surface area contributed by atoms with Gasteiger partial charge in [0, 0.05) is 24.7 Å². The molecule has 0 atom stereocenters. The van der Waals surface area contributed by atoms with E-state index in [4.69, 9.17) is 5.73 Å². The van der Waals surface area contributed by atoms with Gasteiger partial charge in [-0.25, -0.2) is 13.4 Å². The SMILES string of the molecule is CN(C1CCCC1)S(=O)(=O)c1c(N)nc2sccn12. The number of rotatable bonds is 3. The van der Waals surface area contributed by atoms with Crippen LogP contribution in [0.3, 0.4) is 0 Å². The van der Waals surface area contributed by atoms with Crippen molar-refractivity contribution < 1.29 is 8.42 Å². The van der Waals surface area contributed by atoms with Crippen molar-refractivity contribution >= 4 is 32.1 Å². The topological polar surface area (TPSA) is 80.7 Å². The van der Waals surface area contributed by atoms with Gasteiger partial charge < -0.3 is 5.73 Å². The Bertz CT molecular complexity index is 697. The summed E-state index contributed by atoms with van der Waals surface area (Å²) < 4.78 is 28.4. The molecule has 0 spiro atoms. The van der Waals surface area contributed by atoms with Crippen LogP contribution in [0.2, 0.25) is 0 Å². The number of hydrogen-bond donors (Lipinski definition) is 1. The molecular formula is C11H16N4O2S2. The number of thiazole rings is 1. The highest BCUT2D eigenvalue weighted by Gasteiger charge is 2.34. The average molecular weight is 300 g/mol. The van der Waals surface area contributed by atoms with E-state index in [9.17, 15) is 8.42 Å².